The largest absolute Gasteiger partial charge is 0.396 e. The van der Waals surface area contributed by atoms with Crippen LogP contribution in [0.4, 0.5) is 0 Å². The van der Waals surface area contributed by atoms with Crippen LogP contribution in [-0.4, -0.2) is 24.2 Å². The topological polar surface area (TPSA) is 49.3 Å². The number of aliphatic hydroxyl groups is 1. The Morgan fingerprint density at radius 2 is 2.17 bits per heavy atom. The molecule has 1 aromatic carbocycles. The first-order valence-corrected chi connectivity index (χ1v) is 7.57. The second kappa shape index (κ2) is 6.86. The average molecular weight is 426 g/mol. The molecular weight excluding hydrogens is 409 g/mol. The molecule has 5 heteroatoms. The first-order chi connectivity index (χ1) is 8.35. The van der Waals surface area contributed by atoms with Crippen LogP contribution in [0.5, 0.6) is 0 Å². The molecule has 0 aliphatic heterocycles. The van der Waals surface area contributed by atoms with E-state index in [1.54, 1.807) is 0 Å². The minimum Gasteiger partial charge on any atom is -0.396 e. The quantitative estimate of drug-likeness (QED) is 0.711. The number of rotatable bonds is 5. The molecule has 1 aromatic rings. The molecule has 3 nitrogen and oxygen atoms in total. The summed E-state index contributed by atoms with van der Waals surface area (Å²) in [4.78, 5) is 12.1. The summed E-state index contributed by atoms with van der Waals surface area (Å²) in [6.07, 6.45) is 0.670. The lowest BCUT2D eigenvalue weighted by molar-refractivity contribution is 0.0927. The molecule has 0 heterocycles. The molecule has 0 unspecified atom stereocenters. The summed E-state index contributed by atoms with van der Waals surface area (Å²) in [5.74, 6) is -0.0771. The molecule has 1 rings (SSSR count). The van der Waals surface area contributed by atoms with Crippen molar-refractivity contribution in [1.29, 1.82) is 0 Å². The molecule has 0 bridgehead atoms. The summed E-state index contributed by atoms with van der Waals surface area (Å²) >= 11 is 5.51. The molecule has 2 N–H and O–H groups in total. The first kappa shape index (κ1) is 15.9. The van der Waals surface area contributed by atoms with E-state index in [1.807, 2.05) is 32.0 Å². The number of carbonyl (C=O) groups excluding carboxylic acids is 1. The fourth-order valence-corrected chi connectivity index (χ4v) is 2.42. The van der Waals surface area contributed by atoms with Gasteiger partial charge in [0.2, 0.25) is 0 Å². The van der Waals surface area contributed by atoms with Gasteiger partial charge in [-0.15, -0.1) is 0 Å². The normalized spacial score (nSPS) is 11.4. The third kappa shape index (κ3) is 4.85. The van der Waals surface area contributed by atoms with E-state index in [0.29, 0.717) is 18.5 Å². The molecule has 18 heavy (non-hydrogen) atoms. The Bertz CT molecular complexity index is 435. The molecule has 0 aliphatic rings. The van der Waals surface area contributed by atoms with Crippen LogP contribution in [0.2, 0.25) is 0 Å². The van der Waals surface area contributed by atoms with E-state index in [-0.39, 0.29) is 17.9 Å². The standard InChI is InChI=1S/C13H17BrINO2/c1-13(2,5-6-17)8-16-12(18)10-7-9(14)3-4-11(10)15/h3-4,7,17H,5-6,8H2,1-2H3,(H,16,18). The van der Waals surface area contributed by atoms with Gasteiger partial charge in [-0.05, 0) is 52.6 Å². The van der Waals surface area contributed by atoms with Crippen molar-refractivity contribution in [3.63, 3.8) is 0 Å². The van der Waals surface area contributed by atoms with E-state index in [4.69, 9.17) is 5.11 Å². The SMILES string of the molecule is CC(C)(CCO)CNC(=O)c1cc(Br)ccc1I. The zero-order valence-corrected chi connectivity index (χ0v) is 14.2. The molecule has 0 spiro atoms. The van der Waals surface area contributed by atoms with E-state index in [2.05, 4.69) is 43.8 Å². The van der Waals surface area contributed by atoms with Crippen molar-refractivity contribution >= 4 is 44.4 Å². The van der Waals surface area contributed by atoms with E-state index >= 15 is 0 Å². The molecule has 0 atom stereocenters. The Kier molecular flexibility index (Phi) is 6.07. The van der Waals surface area contributed by atoms with Crippen molar-refractivity contribution in [2.24, 2.45) is 5.41 Å². The van der Waals surface area contributed by atoms with E-state index in [9.17, 15) is 4.79 Å². The van der Waals surface area contributed by atoms with Gasteiger partial charge in [-0.2, -0.15) is 0 Å². The van der Waals surface area contributed by atoms with Crippen molar-refractivity contribution in [1.82, 2.24) is 5.32 Å². The van der Waals surface area contributed by atoms with Crippen molar-refractivity contribution in [3.8, 4) is 0 Å². The molecule has 1 amide bonds. The molecule has 0 aromatic heterocycles. The van der Waals surface area contributed by atoms with Gasteiger partial charge in [0, 0.05) is 21.2 Å². The maximum absolute atomic E-state index is 12.1. The average Bonchev–Trinajstić information content (AvgIpc) is 2.29. The Morgan fingerprint density at radius 3 is 2.78 bits per heavy atom. The lowest BCUT2D eigenvalue weighted by Gasteiger charge is -2.24. The molecule has 0 saturated heterocycles. The minimum absolute atomic E-state index is 0.0771. The van der Waals surface area contributed by atoms with Crippen LogP contribution in [0.3, 0.4) is 0 Å². The van der Waals surface area contributed by atoms with Gasteiger partial charge in [0.25, 0.3) is 5.91 Å². The maximum atomic E-state index is 12.1. The van der Waals surface area contributed by atoms with Gasteiger partial charge >= 0.3 is 0 Å². The van der Waals surface area contributed by atoms with Crippen molar-refractivity contribution in [2.45, 2.75) is 20.3 Å². The van der Waals surface area contributed by atoms with Crippen LogP contribution in [0.1, 0.15) is 30.6 Å². The van der Waals surface area contributed by atoms with Crippen LogP contribution >= 0.6 is 38.5 Å². The molecule has 0 fully saturated rings. The highest BCUT2D eigenvalue weighted by Gasteiger charge is 2.19. The van der Waals surface area contributed by atoms with E-state index in [0.717, 1.165) is 8.04 Å². The summed E-state index contributed by atoms with van der Waals surface area (Å²) in [6, 6.07) is 5.63. The van der Waals surface area contributed by atoms with Gasteiger partial charge in [0.05, 0.1) is 5.56 Å². The Hall–Kier alpha value is -0.140. The van der Waals surface area contributed by atoms with Crippen molar-refractivity contribution in [2.75, 3.05) is 13.2 Å². The van der Waals surface area contributed by atoms with Gasteiger partial charge in [0.15, 0.2) is 0 Å². The summed E-state index contributed by atoms with van der Waals surface area (Å²) in [5, 5.41) is 11.9. The lowest BCUT2D eigenvalue weighted by atomic mass is 9.89. The monoisotopic (exact) mass is 425 g/mol. The first-order valence-electron chi connectivity index (χ1n) is 5.70. The Morgan fingerprint density at radius 1 is 1.50 bits per heavy atom. The van der Waals surface area contributed by atoms with Crippen LogP contribution < -0.4 is 5.32 Å². The highest BCUT2D eigenvalue weighted by molar-refractivity contribution is 14.1. The van der Waals surface area contributed by atoms with Crippen molar-refractivity contribution in [3.05, 3.63) is 31.8 Å². The Labute approximate surface area is 130 Å². The summed E-state index contributed by atoms with van der Waals surface area (Å²) in [6.45, 7) is 4.73. The molecular formula is C13H17BrINO2. The fraction of sp³-hybridized carbons (Fsp3) is 0.462. The van der Waals surface area contributed by atoms with Gasteiger partial charge in [-0.3, -0.25) is 4.79 Å². The number of halogens is 2. The van der Waals surface area contributed by atoms with Gasteiger partial charge in [-0.1, -0.05) is 29.8 Å². The molecule has 100 valence electrons. The molecule has 0 saturated carbocycles. The third-order valence-electron chi connectivity index (χ3n) is 2.69. The second-order valence-electron chi connectivity index (χ2n) is 4.94. The molecule has 0 radical (unpaired) electrons. The summed E-state index contributed by atoms with van der Waals surface area (Å²) in [5.41, 5.74) is 0.576. The molecule has 0 aliphatic carbocycles. The van der Waals surface area contributed by atoms with Crippen molar-refractivity contribution < 1.29 is 9.90 Å². The minimum atomic E-state index is -0.0954. The second-order valence-corrected chi connectivity index (χ2v) is 7.02. The highest BCUT2D eigenvalue weighted by Crippen LogP contribution is 2.20. The zero-order chi connectivity index (χ0) is 13.8. The zero-order valence-electron chi connectivity index (χ0n) is 10.5. The summed E-state index contributed by atoms with van der Waals surface area (Å²) < 4.78 is 1.82. The third-order valence-corrected chi connectivity index (χ3v) is 4.12. The number of carbonyl (C=O) groups is 1. The van der Waals surface area contributed by atoms with E-state index in [1.165, 1.54) is 0 Å². The number of benzene rings is 1. The van der Waals surface area contributed by atoms with Gasteiger partial charge < -0.3 is 10.4 Å². The predicted octanol–water partition coefficient (Wildman–Crippen LogP) is 3.19. The number of nitrogens with one attached hydrogen (secondary N) is 1. The number of hydrogen-bond acceptors (Lipinski definition) is 2. The Balaban J connectivity index is 2.69. The van der Waals surface area contributed by atoms with Gasteiger partial charge in [-0.25, -0.2) is 0 Å². The van der Waals surface area contributed by atoms with E-state index < -0.39 is 0 Å². The highest BCUT2D eigenvalue weighted by atomic mass is 127. The summed E-state index contributed by atoms with van der Waals surface area (Å²) in [7, 11) is 0. The lowest BCUT2D eigenvalue weighted by Crippen LogP contribution is -2.34. The maximum Gasteiger partial charge on any atom is 0.252 e. The van der Waals surface area contributed by atoms with Crippen LogP contribution in [-0.2, 0) is 0 Å². The van der Waals surface area contributed by atoms with Crippen LogP contribution in [0.25, 0.3) is 0 Å². The smallest absolute Gasteiger partial charge is 0.252 e. The number of hydrogen-bond donors (Lipinski definition) is 2. The van der Waals surface area contributed by atoms with Crippen LogP contribution in [0.15, 0.2) is 22.7 Å². The van der Waals surface area contributed by atoms with Crippen LogP contribution in [0, 0.1) is 8.99 Å². The fourth-order valence-electron chi connectivity index (χ4n) is 1.48. The number of aliphatic hydroxyl groups excluding tert-OH is 1. The number of amides is 1. The predicted molar refractivity (Wildman–Crippen MR) is 84.7 cm³/mol. The van der Waals surface area contributed by atoms with Gasteiger partial charge in [0.1, 0.15) is 0 Å².